The molecule has 0 saturated carbocycles. The smallest absolute Gasteiger partial charge is 0.338 e. The van der Waals surface area contributed by atoms with E-state index < -0.39 is 12.3 Å². The fraction of sp³-hybridized carbons (Fsp3) is 0.364. The standard InChI is InChI=1S/C11H14O4/c1-14-10(12)7-8-5-3-4-6-9(8)11(13)15-2/h3-6,10,12H,7H2,1-2H3. The van der Waals surface area contributed by atoms with Crippen LogP contribution in [0.15, 0.2) is 24.3 Å². The molecule has 1 unspecified atom stereocenters. The lowest BCUT2D eigenvalue weighted by Crippen LogP contribution is -2.15. The summed E-state index contributed by atoms with van der Waals surface area (Å²) in [7, 11) is 2.73. The summed E-state index contributed by atoms with van der Waals surface area (Å²) in [5.74, 6) is -0.408. The first-order chi connectivity index (χ1) is 7.19. The Morgan fingerprint density at radius 3 is 2.67 bits per heavy atom. The third kappa shape index (κ3) is 3.04. The molecule has 0 spiro atoms. The minimum atomic E-state index is -0.907. The Morgan fingerprint density at radius 1 is 1.40 bits per heavy atom. The Bertz CT molecular complexity index is 335. The minimum Gasteiger partial charge on any atom is -0.465 e. The normalized spacial score (nSPS) is 12.2. The Morgan fingerprint density at radius 2 is 2.07 bits per heavy atom. The van der Waals surface area contributed by atoms with Crippen LogP contribution in [0.5, 0.6) is 0 Å². The molecule has 1 aromatic rings. The van der Waals surface area contributed by atoms with Gasteiger partial charge in [-0.1, -0.05) is 18.2 Å². The summed E-state index contributed by atoms with van der Waals surface area (Å²) in [4.78, 5) is 11.4. The van der Waals surface area contributed by atoms with Gasteiger partial charge in [-0.15, -0.1) is 0 Å². The molecule has 82 valence electrons. The molecule has 1 aromatic carbocycles. The van der Waals surface area contributed by atoms with Crippen molar-refractivity contribution in [3.63, 3.8) is 0 Å². The van der Waals surface area contributed by atoms with Gasteiger partial charge in [-0.05, 0) is 11.6 Å². The van der Waals surface area contributed by atoms with Crippen LogP contribution in [0.3, 0.4) is 0 Å². The molecular weight excluding hydrogens is 196 g/mol. The second-order valence-corrected chi connectivity index (χ2v) is 3.04. The first-order valence-electron chi connectivity index (χ1n) is 4.56. The van der Waals surface area contributed by atoms with Crippen LogP contribution in [-0.2, 0) is 15.9 Å². The molecule has 4 nitrogen and oxygen atoms in total. The monoisotopic (exact) mass is 210 g/mol. The van der Waals surface area contributed by atoms with Gasteiger partial charge in [0.25, 0.3) is 0 Å². The molecular formula is C11H14O4. The predicted octanol–water partition coefficient (Wildman–Crippen LogP) is 0.980. The average Bonchev–Trinajstić information content (AvgIpc) is 2.28. The molecule has 1 rings (SSSR count). The van der Waals surface area contributed by atoms with E-state index in [0.29, 0.717) is 11.1 Å². The van der Waals surface area contributed by atoms with Crippen molar-refractivity contribution < 1.29 is 19.4 Å². The Labute approximate surface area is 88.4 Å². The van der Waals surface area contributed by atoms with Crippen LogP contribution in [-0.4, -0.2) is 31.6 Å². The fourth-order valence-electron chi connectivity index (χ4n) is 1.28. The van der Waals surface area contributed by atoms with Gasteiger partial charge in [-0.2, -0.15) is 0 Å². The van der Waals surface area contributed by atoms with Gasteiger partial charge >= 0.3 is 5.97 Å². The van der Waals surface area contributed by atoms with Gasteiger partial charge < -0.3 is 14.6 Å². The lowest BCUT2D eigenvalue weighted by molar-refractivity contribution is -0.0721. The van der Waals surface area contributed by atoms with Crippen molar-refractivity contribution in [1.29, 1.82) is 0 Å². The summed E-state index contributed by atoms with van der Waals surface area (Å²) in [6.45, 7) is 0. The van der Waals surface area contributed by atoms with Crippen molar-refractivity contribution in [3.8, 4) is 0 Å². The van der Waals surface area contributed by atoms with E-state index in [0.717, 1.165) is 0 Å². The molecule has 0 aliphatic rings. The van der Waals surface area contributed by atoms with Crippen molar-refractivity contribution in [3.05, 3.63) is 35.4 Å². The second kappa shape index (κ2) is 5.48. The minimum absolute atomic E-state index is 0.266. The molecule has 0 heterocycles. The van der Waals surface area contributed by atoms with E-state index in [1.54, 1.807) is 24.3 Å². The highest BCUT2D eigenvalue weighted by atomic mass is 16.6. The molecule has 0 bridgehead atoms. The summed E-state index contributed by atoms with van der Waals surface area (Å²) < 4.78 is 9.36. The van der Waals surface area contributed by atoms with Crippen LogP contribution in [0.25, 0.3) is 0 Å². The van der Waals surface area contributed by atoms with Crippen molar-refractivity contribution in [2.75, 3.05) is 14.2 Å². The van der Waals surface area contributed by atoms with Gasteiger partial charge in [0.2, 0.25) is 0 Å². The quantitative estimate of drug-likeness (QED) is 0.594. The number of carbonyl (C=O) groups excluding carboxylic acids is 1. The molecule has 1 atom stereocenters. The van der Waals surface area contributed by atoms with E-state index in [1.807, 2.05) is 0 Å². The fourth-order valence-corrected chi connectivity index (χ4v) is 1.28. The number of carbonyl (C=O) groups is 1. The molecule has 4 heteroatoms. The number of hydrogen-bond acceptors (Lipinski definition) is 4. The molecule has 0 amide bonds. The van der Waals surface area contributed by atoms with Crippen molar-refractivity contribution in [2.45, 2.75) is 12.7 Å². The van der Waals surface area contributed by atoms with Crippen molar-refractivity contribution in [1.82, 2.24) is 0 Å². The van der Waals surface area contributed by atoms with Gasteiger partial charge in [0.05, 0.1) is 12.7 Å². The predicted molar refractivity (Wildman–Crippen MR) is 54.5 cm³/mol. The highest BCUT2D eigenvalue weighted by molar-refractivity contribution is 5.90. The summed E-state index contributed by atoms with van der Waals surface area (Å²) in [5, 5.41) is 9.32. The number of esters is 1. The first kappa shape index (κ1) is 11.7. The average molecular weight is 210 g/mol. The number of rotatable bonds is 4. The van der Waals surface area contributed by atoms with Crippen LogP contribution in [0.4, 0.5) is 0 Å². The second-order valence-electron chi connectivity index (χ2n) is 3.04. The Kier molecular flexibility index (Phi) is 4.27. The van der Waals surface area contributed by atoms with Crippen LogP contribution in [0.1, 0.15) is 15.9 Å². The molecule has 0 radical (unpaired) electrons. The maximum absolute atomic E-state index is 11.4. The summed E-state index contributed by atoms with van der Waals surface area (Å²) >= 11 is 0. The van der Waals surface area contributed by atoms with Gasteiger partial charge in [-0.3, -0.25) is 0 Å². The summed E-state index contributed by atoms with van der Waals surface area (Å²) in [5.41, 5.74) is 1.16. The van der Waals surface area contributed by atoms with Crippen LogP contribution >= 0.6 is 0 Å². The Hall–Kier alpha value is -1.39. The van der Waals surface area contributed by atoms with Gasteiger partial charge in [0, 0.05) is 13.5 Å². The van der Waals surface area contributed by atoms with Crippen molar-refractivity contribution in [2.24, 2.45) is 0 Å². The molecule has 1 N–H and O–H groups in total. The maximum atomic E-state index is 11.4. The van der Waals surface area contributed by atoms with Crippen molar-refractivity contribution >= 4 is 5.97 Å². The molecule has 0 saturated heterocycles. The van der Waals surface area contributed by atoms with E-state index in [9.17, 15) is 9.90 Å². The van der Waals surface area contributed by atoms with E-state index in [4.69, 9.17) is 4.74 Å². The van der Waals surface area contributed by atoms with Crippen LogP contribution in [0.2, 0.25) is 0 Å². The van der Waals surface area contributed by atoms with E-state index in [-0.39, 0.29) is 6.42 Å². The highest BCUT2D eigenvalue weighted by Crippen LogP contribution is 2.12. The molecule has 0 fully saturated rings. The number of hydrogen-bond donors (Lipinski definition) is 1. The Balaban J connectivity index is 2.91. The highest BCUT2D eigenvalue weighted by Gasteiger charge is 2.13. The SMILES string of the molecule is COC(=O)c1ccccc1CC(O)OC. The molecule has 0 aliphatic heterocycles. The lowest BCUT2D eigenvalue weighted by Gasteiger charge is -2.11. The zero-order valence-corrected chi connectivity index (χ0v) is 8.77. The lowest BCUT2D eigenvalue weighted by atomic mass is 10.0. The zero-order chi connectivity index (χ0) is 11.3. The number of methoxy groups -OCH3 is 2. The molecule has 0 aliphatic carbocycles. The van der Waals surface area contributed by atoms with Gasteiger partial charge in [0.15, 0.2) is 6.29 Å². The van der Waals surface area contributed by atoms with Crippen LogP contribution < -0.4 is 0 Å². The number of ether oxygens (including phenoxy) is 2. The number of aliphatic hydroxyl groups excluding tert-OH is 1. The molecule has 15 heavy (non-hydrogen) atoms. The first-order valence-corrected chi connectivity index (χ1v) is 4.56. The molecule has 0 aromatic heterocycles. The summed E-state index contributed by atoms with van der Waals surface area (Å²) in [6.07, 6.45) is -0.641. The van der Waals surface area contributed by atoms with Gasteiger partial charge in [0.1, 0.15) is 0 Å². The van der Waals surface area contributed by atoms with E-state index in [2.05, 4.69) is 4.74 Å². The van der Waals surface area contributed by atoms with Crippen LogP contribution in [0, 0.1) is 0 Å². The van der Waals surface area contributed by atoms with Gasteiger partial charge in [-0.25, -0.2) is 4.79 Å². The number of aliphatic hydroxyl groups is 1. The topological polar surface area (TPSA) is 55.8 Å². The zero-order valence-electron chi connectivity index (χ0n) is 8.77. The van der Waals surface area contributed by atoms with E-state index in [1.165, 1.54) is 14.2 Å². The largest absolute Gasteiger partial charge is 0.465 e. The third-order valence-corrected chi connectivity index (χ3v) is 2.09. The maximum Gasteiger partial charge on any atom is 0.338 e. The summed E-state index contributed by atoms with van der Waals surface area (Å²) in [6, 6.07) is 6.96. The third-order valence-electron chi connectivity index (χ3n) is 2.09. The number of benzene rings is 1. The van der Waals surface area contributed by atoms with E-state index >= 15 is 0 Å².